The molecule has 2 aromatic rings. The van der Waals surface area contributed by atoms with Crippen LogP contribution in [-0.2, 0) is 9.53 Å². The molecule has 164 valence electrons. The molecule has 0 saturated carbocycles. The van der Waals surface area contributed by atoms with Crippen LogP contribution in [0.2, 0.25) is 0 Å². The van der Waals surface area contributed by atoms with Crippen molar-refractivity contribution in [2.24, 2.45) is 5.41 Å². The second-order valence-electron chi connectivity index (χ2n) is 9.57. The molecule has 32 heavy (non-hydrogen) atoms. The second kappa shape index (κ2) is 6.91. The van der Waals surface area contributed by atoms with Crippen molar-refractivity contribution in [2.45, 2.75) is 56.9 Å². The number of allylic oxidation sites excluding steroid dienone is 3. The fourth-order valence-electron chi connectivity index (χ4n) is 6.00. The Balaban J connectivity index is 1.23. The molecule has 3 saturated heterocycles. The lowest BCUT2D eigenvalue weighted by Gasteiger charge is -2.41. The van der Waals surface area contributed by atoms with Gasteiger partial charge in [0.05, 0.1) is 5.56 Å². The van der Waals surface area contributed by atoms with Gasteiger partial charge in [-0.25, -0.2) is 4.98 Å². The lowest BCUT2D eigenvalue weighted by molar-refractivity contribution is -0.141. The van der Waals surface area contributed by atoms with Gasteiger partial charge in [-0.1, -0.05) is 31.2 Å². The van der Waals surface area contributed by atoms with Crippen molar-refractivity contribution in [1.82, 2.24) is 19.5 Å². The molecule has 1 amide bonds. The Bertz CT molecular complexity index is 1180. The predicted octanol–water partition coefficient (Wildman–Crippen LogP) is 2.81. The summed E-state index contributed by atoms with van der Waals surface area (Å²) >= 11 is 0. The van der Waals surface area contributed by atoms with Crippen molar-refractivity contribution in [3.63, 3.8) is 0 Å². The van der Waals surface area contributed by atoms with E-state index in [4.69, 9.17) is 4.74 Å². The van der Waals surface area contributed by atoms with Crippen molar-refractivity contribution in [1.29, 1.82) is 5.26 Å². The first kappa shape index (κ1) is 19.5. The first-order valence-electron chi connectivity index (χ1n) is 11.4. The first-order valence-corrected chi connectivity index (χ1v) is 11.4. The number of hydrogen-bond donors (Lipinski definition) is 0. The minimum Gasteiger partial charge on any atom is -0.356 e. The maximum absolute atomic E-state index is 13.7. The van der Waals surface area contributed by atoms with Gasteiger partial charge in [0.25, 0.3) is 5.91 Å². The standard InChI is InChI=1S/C24H26N6O2/c1-23(9-3-2-4-10-23)18-6-8-20-29(18)22(31)24(32-20)11-13-28(14-12-24)19-7-5-17(15-25)21-26-16-27-30(19)21/h2-5,7,9,16,18,20H,6,8,10-14H2,1H3/t18-,20+,23?/m0/s1. The number of anilines is 1. The zero-order valence-electron chi connectivity index (χ0n) is 18.1. The zero-order valence-corrected chi connectivity index (χ0v) is 18.1. The molecule has 0 bridgehead atoms. The number of hydrogen-bond acceptors (Lipinski definition) is 6. The molecule has 1 aliphatic carbocycles. The van der Waals surface area contributed by atoms with Crippen molar-refractivity contribution in [3.05, 3.63) is 48.3 Å². The topological polar surface area (TPSA) is 86.8 Å². The van der Waals surface area contributed by atoms with Crippen molar-refractivity contribution in [2.75, 3.05) is 18.0 Å². The number of nitriles is 1. The summed E-state index contributed by atoms with van der Waals surface area (Å²) in [7, 11) is 0. The third kappa shape index (κ3) is 2.67. The summed E-state index contributed by atoms with van der Waals surface area (Å²) in [5, 5.41) is 13.6. The monoisotopic (exact) mass is 430 g/mol. The summed E-state index contributed by atoms with van der Waals surface area (Å²) in [5.41, 5.74) is 0.305. The summed E-state index contributed by atoms with van der Waals surface area (Å²) in [6, 6.07) is 6.05. The van der Waals surface area contributed by atoms with Gasteiger partial charge in [-0.2, -0.15) is 14.9 Å². The highest BCUT2D eigenvalue weighted by Crippen LogP contribution is 2.49. The van der Waals surface area contributed by atoms with Crippen LogP contribution in [0.5, 0.6) is 0 Å². The normalized spacial score (nSPS) is 30.9. The van der Waals surface area contributed by atoms with Gasteiger partial charge in [-0.05, 0) is 31.4 Å². The highest BCUT2D eigenvalue weighted by Gasteiger charge is 2.60. The Morgan fingerprint density at radius 1 is 1.22 bits per heavy atom. The highest BCUT2D eigenvalue weighted by molar-refractivity contribution is 5.88. The fourth-order valence-corrected chi connectivity index (χ4v) is 6.00. The molecule has 8 nitrogen and oxygen atoms in total. The minimum absolute atomic E-state index is 0.0318. The van der Waals surface area contributed by atoms with E-state index in [0.717, 1.165) is 25.1 Å². The largest absolute Gasteiger partial charge is 0.356 e. The van der Waals surface area contributed by atoms with Crippen LogP contribution >= 0.6 is 0 Å². The summed E-state index contributed by atoms with van der Waals surface area (Å²) in [6.45, 7) is 3.64. The molecule has 8 heteroatoms. The van der Waals surface area contributed by atoms with Gasteiger partial charge in [0.2, 0.25) is 0 Å². The van der Waals surface area contributed by atoms with E-state index in [2.05, 4.69) is 57.2 Å². The third-order valence-electron chi connectivity index (χ3n) is 7.78. The molecule has 6 rings (SSSR count). The van der Waals surface area contributed by atoms with Gasteiger partial charge < -0.3 is 14.5 Å². The molecular formula is C24H26N6O2. The average molecular weight is 431 g/mol. The number of aromatic nitrogens is 3. The lowest BCUT2D eigenvalue weighted by Crippen LogP contribution is -2.53. The molecule has 0 aromatic carbocycles. The highest BCUT2D eigenvalue weighted by atomic mass is 16.6. The van der Waals surface area contributed by atoms with E-state index >= 15 is 0 Å². The molecule has 5 heterocycles. The van der Waals surface area contributed by atoms with E-state index in [1.165, 1.54) is 6.33 Å². The quantitative estimate of drug-likeness (QED) is 0.728. The summed E-state index contributed by atoms with van der Waals surface area (Å²) < 4.78 is 8.23. The zero-order chi connectivity index (χ0) is 21.9. The molecule has 1 unspecified atom stereocenters. The molecule has 2 aromatic heterocycles. The van der Waals surface area contributed by atoms with Gasteiger partial charge >= 0.3 is 0 Å². The molecule has 3 atom stereocenters. The Morgan fingerprint density at radius 2 is 2.06 bits per heavy atom. The fraction of sp³-hybridized carbons (Fsp3) is 0.500. The Hall–Kier alpha value is -3.18. The second-order valence-corrected chi connectivity index (χ2v) is 9.57. The summed E-state index contributed by atoms with van der Waals surface area (Å²) in [6.07, 6.45) is 14.2. The molecule has 1 spiro atoms. The Kier molecular flexibility index (Phi) is 4.21. The van der Waals surface area contributed by atoms with E-state index in [0.29, 0.717) is 37.1 Å². The van der Waals surface area contributed by atoms with Crippen LogP contribution in [-0.4, -0.2) is 56.4 Å². The van der Waals surface area contributed by atoms with Gasteiger partial charge in [0, 0.05) is 37.4 Å². The van der Waals surface area contributed by atoms with Gasteiger partial charge in [-0.3, -0.25) is 4.79 Å². The van der Waals surface area contributed by atoms with Crippen molar-refractivity contribution in [3.8, 4) is 6.07 Å². The van der Waals surface area contributed by atoms with E-state index in [1.807, 2.05) is 6.07 Å². The van der Waals surface area contributed by atoms with E-state index in [-0.39, 0.29) is 23.6 Å². The minimum atomic E-state index is -0.724. The van der Waals surface area contributed by atoms with Crippen LogP contribution in [0.25, 0.3) is 5.65 Å². The van der Waals surface area contributed by atoms with E-state index in [9.17, 15) is 10.1 Å². The van der Waals surface area contributed by atoms with Gasteiger partial charge in [0.1, 0.15) is 24.4 Å². The van der Waals surface area contributed by atoms with Crippen LogP contribution < -0.4 is 4.90 Å². The molecule has 4 aliphatic rings. The van der Waals surface area contributed by atoms with Crippen LogP contribution in [0.4, 0.5) is 5.82 Å². The van der Waals surface area contributed by atoms with Crippen LogP contribution in [0, 0.1) is 16.7 Å². The maximum Gasteiger partial charge on any atom is 0.257 e. The molecule has 0 N–H and O–H groups in total. The van der Waals surface area contributed by atoms with Crippen LogP contribution in [0.3, 0.4) is 0 Å². The summed E-state index contributed by atoms with van der Waals surface area (Å²) in [5.74, 6) is 1.06. The number of amides is 1. The Morgan fingerprint density at radius 3 is 2.81 bits per heavy atom. The first-order chi connectivity index (χ1) is 15.5. The lowest BCUT2D eigenvalue weighted by atomic mass is 9.75. The van der Waals surface area contributed by atoms with E-state index < -0.39 is 5.60 Å². The maximum atomic E-state index is 13.7. The Labute approximate surface area is 186 Å². The smallest absolute Gasteiger partial charge is 0.257 e. The number of carbonyl (C=O) groups excluding carboxylic acids is 1. The molecule has 0 radical (unpaired) electrons. The number of carbonyl (C=O) groups is 1. The molecular weight excluding hydrogens is 404 g/mol. The van der Waals surface area contributed by atoms with Gasteiger partial charge in [-0.15, -0.1) is 0 Å². The van der Waals surface area contributed by atoms with Crippen molar-refractivity contribution >= 4 is 17.4 Å². The molecule has 3 aliphatic heterocycles. The van der Waals surface area contributed by atoms with Crippen LogP contribution in [0.1, 0.15) is 44.6 Å². The average Bonchev–Trinajstić information content (AvgIpc) is 3.52. The van der Waals surface area contributed by atoms with E-state index in [1.54, 1.807) is 10.6 Å². The SMILES string of the molecule is CC1([C@@H]2CC[C@H]3OC4(CCN(c5ccc(C#N)c6ncnn56)CC4)C(=O)N23)C=CC=CC1. The van der Waals surface area contributed by atoms with Crippen LogP contribution in [0.15, 0.2) is 42.8 Å². The number of pyridine rings is 1. The third-order valence-corrected chi connectivity index (χ3v) is 7.78. The number of rotatable bonds is 2. The number of nitrogens with zero attached hydrogens (tertiary/aromatic N) is 6. The molecule has 3 fully saturated rings. The number of fused-ring (bicyclic) bond motifs is 2. The number of ether oxygens (including phenoxy) is 1. The summed E-state index contributed by atoms with van der Waals surface area (Å²) in [4.78, 5) is 22.2. The van der Waals surface area contributed by atoms with Gasteiger partial charge in [0.15, 0.2) is 11.2 Å². The number of piperidine rings is 1. The predicted molar refractivity (Wildman–Crippen MR) is 118 cm³/mol. The van der Waals surface area contributed by atoms with Crippen molar-refractivity contribution < 1.29 is 9.53 Å².